The Kier molecular flexibility index (Phi) is 7.28. The van der Waals surface area contributed by atoms with E-state index in [4.69, 9.17) is 9.47 Å². The third kappa shape index (κ3) is 4.80. The summed E-state index contributed by atoms with van der Waals surface area (Å²) in [4.78, 5) is 3.87. The highest BCUT2D eigenvalue weighted by atomic mass is 32.2. The Bertz CT molecular complexity index is 3010. The van der Waals surface area contributed by atoms with Crippen LogP contribution >= 0.6 is 11.8 Å². The van der Waals surface area contributed by atoms with Gasteiger partial charge in [0.2, 0.25) is 0 Å². The highest BCUT2D eigenvalue weighted by Crippen LogP contribution is 2.65. The van der Waals surface area contributed by atoms with Crippen molar-refractivity contribution in [3.05, 3.63) is 202 Å². The standard InChI is InChI=1S/C55H39NO2S/c1-2-15-36(16-3-1)56(48-26-13-22-42-41-21-7-11-27-53(41)59-54(42)48)37-17-12-14-34(30-37)35-28-29-49-50(31-35)58-52-33-47-43(32-51(52)57-49)40-20-6-10-25-46(40)55(47)44-23-8-4-18-38(44)39-19-5-9-24-45(39)55/h2,4,6,8-11,13-16,18,20,22-33,41,53H,1,3,5,12,17,19H2. The normalized spacial score (nSPS) is 22.8. The number of hydrogen-bond acceptors (Lipinski definition) is 4. The van der Waals surface area contributed by atoms with Crippen LogP contribution in [0.15, 0.2) is 174 Å². The van der Waals surface area contributed by atoms with E-state index >= 15 is 0 Å². The van der Waals surface area contributed by atoms with Crippen molar-refractivity contribution >= 4 is 28.6 Å². The lowest BCUT2D eigenvalue weighted by atomic mass is 9.69. The predicted molar refractivity (Wildman–Crippen MR) is 240 cm³/mol. The fraction of sp³-hybridized carbons (Fsp3) is 0.164. The van der Waals surface area contributed by atoms with E-state index in [0.717, 1.165) is 67.1 Å². The molecular formula is C55H39NO2S. The third-order valence-corrected chi connectivity index (χ3v) is 14.8. The maximum absolute atomic E-state index is 6.94. The van der Waals surface area contributed by atoms with Gasteiger partial charge in [0.25, 0.3) is 0 Å². The lowest BCUT2D eigenvalue weighted by molar-refractivity contribution is 0.359. The highest BCUT2D eigenvalue weighted by molar-refractivity contribution is 8.00. The number of rotatable bonds is 4. The van der Waals surface area contributed by atoms with E-state index in [1.54, 1.807) is 0 Å². The van der Waals surface area contributed by atoms with E-state index in [0.29, 0.717) is 5.25 Å². The van der Waals surface area contributed by atoms with E-state index in [2.05, 4.69) is 162 Å². The smallest absolute Gasteiger partial charge is 0.170 e. The van der Waals surface area contributed by atoms with Gasteiger partial charge in [-0.1, -0.05) is 115 Å². The van der Waals surface area contributed by atoms with Crippen LogP contribution < -0.4 is 14.4 Å². The fourth-order valence-corrected chi connectivity index (χ4v) is 12.4. The van der Waals surface area contributed by atoms with Crippen LogP contribution in [0.3, 0.4) is 0 Å². The minimum atomic E-state index is -0.391. The minimum Gasteiger partial charge on any atom is -0.449 e. The number of benzene rings is 5. The largest absolute Gasteiger partial charge is 0.449 e. The fourth-order valence-electron chi connectivity index (χ4n) is 11.0. The average Bonchev–Trinajstić information content (AvgIpc) is 3.92. The van der Waals surface area contributed by atoms with Crippen molar-refractivity contribution in [2.24, 2.45) is 0 Å². The van der Waals surface area contributed by atoms with E-state index in [9.17, 15) is 0 Å². The van der Waals surface area contributed by atoms with Crippen molar-refractivity contribution in [2.75, 3.05) is 4.90 Å². The Hall–Kier alpha value is -6.41. The monoisotopic (exact) mass is 777 g/mol. The second-order valence-corrected chi connectivity index (χ2v) is 17.8. The van der Waals surface area contributed by atoms with Gasteiger partial charge >= 0.3 is 0 Å². The molecule has 3 nitrogen and oxygen atoms in total. The molecule has 5 aromatic carbocycles. The quantitative estimate of drug-likeness (QED) is 0.166. The van der Waals surface area contributed by atoms with Crippen molar-refractivity contribution in [1.29, 1.82) is 0 Å². The molecule has 0 saturated carbocycles. The molecule has 0 aromatic heterocycles. The molecule has 6 aliphatic carbocycles. The molecule has 3 atom stereocenters. The molecular weight excluding hydrogens is 739 g/mol. The Labute approximate surface area is 349 Å². The zero-order chi connectivity index (χ0) is 38.7. The molecule has 0 fully saturated rings. The summed E-state index contributed by atoms with van der Waals surface area (Å²) in [5.74, 6) is 10.00. The van der Waals surface area contributed by atoms with Crippen molar-refractivity contribution < 1.29 is 9.47 Å². The molecule has 1 spiro atoms. The van der Waals surface area contributed by atoms with Gasteiger partial charge in [-0.15, -0.1) is 11.8 Å². The van der Waals surface area contributed by atoms with Crippen LogP contribution in [0.2, 0.25) is 0 Å². The van der Waals surface area contributed by atoms with Crippen molar-refractivity contribution in [3.63, 3.8) is 0 Å². The zero-order valence-corrected chi connectivity index (χ0v) is 33.3. The van der Waals surface area contributed by atoms with Gasteiger partial charge in [-0.3, -0.25) is 0 Å². The maximum Gasteiger partial charge on any atom is 0.170 e. The summed E-state index contributed by atoms with van der Waals surface area (Å²) in [6.07, 6.45) is 27.0. The molecule has 13 rings (SSSR count). The second kappa shape index (κ2) is 12.8. The lowest BCUT2D eigenvalue weighted by Crippen LogP contribution is -2.27. The predicted octanol–water partition coefficient (Wildman–Crippen LogP) is 13.9. The first-order chi connectivity index (χ1) is 29.2. The van der Waals surface area contributed by atoms with Crippen LogP contribution in [0, 0.1) is 11.8 Å². The summed E-state index contributed by atoms with van der Waals surface area (Å²) in [5.41, 5.74) is 17.8. The number of nitrogens with zero attached hydrogens (tertiary/aromatic N) is 1. The Morgan fingerprint density at radius 2 is 1.51 bits per heavy atom. The molecule has 5 aromatic rings. The molecule has 3 unspecified atom stereocenters. The molecule has 2 heterocycles. The number of hydrogen-bond donors (Lipinski definition) is 0. The summed E-state index contributed by atoms with van der Waals surface area (Å²) in [5, 5.41) is 0.360. The van der Waals surface area contributed by atoms with Gasteiger partial charge in [0.1, 0.15) is 0 Å². The number of ether oxygens (including phenoxy) is 2. The molecule has 59 heavy (non-hydrogen) atoms. The highest BCUT2D eigenvalue weighted by Gasteiger charge is 2.53. The molecule has 4 heteroatoms. The Morgan fingerprint density at radius 1 is 0.678 bits per heavy atom. The van der Waals surface area contributed by atoms with Gasteiger partial charge in [0, 0.05) is 21.5 Å². The average molecular weight is 778 g/mol. The number of allylic oxidation sites excluding steroid dienone is 12. The third-order valence-electron chi connectivity index (χ3n) is 13.5. The topological polar surface area (TPSA) is 21.7 Å². The second-order valence-electron chi connectivity index (χ2n) is 16.6. The lowest BCUT2D eigenvalue weighted by Gasteiger charge is -2.33. The van der Waals surface area contributed by atoms with Crippen LogP contribution in [0.1, 0.15) is 77.8 Å². The molecule has 8 aliphatic rings. The number of fused-ring (bicyclic) bond motifs is 14. The van der Waals surface area contributed by atoms with Gasteiger partial charge in [-0.25, -0.2) is 0 Å². The molecule has 0 bridgehead atoms. The van der Waals surface area contributed by atoms with Crippen molar-refractivity contribution in [2.45, 2.75) is 60.0 Å². The molecule has 0 N–H and O–H groups in total. The first-order valence-electron chi connectivity index (χ1n) is 21.1. The number of thioether (sulfide) groups is 1. The van der Waals surface area contributed by atoms with Gasteiger partial charge < -0.3 is 14.4 Å². The van der Waals surface area contributed by atoms with Crippen molar-refractivity contribution in [1.82, 2.24) is 0 Å². The molecule has 2 aliphatic heterocycles. The zero-order valence-electron chi connectivity index (χ0n) is 32.5. The van der Waals surface area contributed by atoms with Crippen LogP contribution in [-0.4, -0.2) is 5.25 Å². The van der Waals surface area contributed by atoms with Crippen LogP contribution in [0.25, 0.3) is 22.3 Å². The van der Waals surface area contributed by atoms with Crippen molar-refractivity contribution in [3.8, 4) is 46.0 Å². The van der Waals surface area contributed by atoms with Crippen LogP contribution in [0.5, 0.6) is 23.0 Å². The SMILES string of the molecule is C1#CC2c3cccc(N(C4=CCCC=C4)C4=CC(c5ccc6c(c5)Oc5cc7c(cc5O6)-c5ccccc5C75C6=C(CCC=C6)c6ccccc65)=CCC4)c3SC2C=C1. The summed E-state index contributed by atoms with van der Waals surface area (Å²) >= 11 is 1.96. The summed E-state index contributed by atoms with van der Waals surface area (Å²) in [7, 11) is 0. The minimum absolute atomic E-state index is 0.242. The first kappa shape index (κ1) is 33.6. The van der Waals surface area contributed by atoms with Crippen LogP contribution in [0.4, 0.5) is 5.69 Å². The molecule has 0 amide bonds. The van der Waals surface area contributed by atoms with E-state index < -0.39 is 5.41 Å². The van der Waals surface area contributed by atoms with E-state index in [1.807, 2.05) is 17.8 Å². The number of anilines is 1. The van der Waals surface area contributed by atoms with Gasteiger partial charge in [-0.05, 0) is 148 Å². The molecule has 0 radical (unpaired) electrons. The Morgan fingerprint density at radius 3 is 2.42 bits per heavy atom. The van der Waals surface area contributed by atoms with Gasteiger partial charge in [0.15, 0.2) is 23.0 Å². The molecule has 0 saturated heterocycles. The van der Waals surface area contributed by atoms with E-state index in [1.165, 1.54) is 77.6 Å². The summed E-state index contributed by atoms with van der Waals surface area (Å²) in [6, 6.07) is 35.8. The molecule has 282 valence electrons. The first-order valence-corrected chi connectivity index (χ1v) is 22.0. The Balaban J connectivity index is 0.884. The van der Waals surface area contributed by atoms with Gasteiger partial charge in [0.05, 0.1) is 17.0 Å². The maximum atomic E-state index is 6.94. The van der Waals surface area contributed by atoms with Gasteiger partial charge in [-0.2, -0.15) is 0 Å². The van der Waals surface area contributed by atoms with E-state index in [-0.39, 0.29) is 5.92 Å². The summed E-state index contributed by atoms with van der Waals surface area (Å²) in [6.45, 7) is 0. The summed E-state index contributed by atoms with van der Waals surface area (Å²) < 4.78 is 13.7. The van der Waals surface area contributed by atoms with Crippen LogP contribution in [-0.2, 0) is 5.41 Å².